The van der Waals surface area contributed by atoms with E-state index >= 15 is 0 Å². The lowest BCUT2D eigenvalue weighted by Gasteiger charge is -2.05. The average Bonchev–Trinajstić information content (AvgIpc) is 3.04. The second-order valence-electron chi connectivity index (χ2n) is 5.65. The van der Waals surface area contributed by atoms with E-state index in [2.05, 4.69) is 15.5 Å². The van der Waals surface area contributed by atoms with Gasteiger partial charge < -0.3 is 9.84 Å². The van der Waals surface area contributed by atoms with Gasteiger partial charge in [0.1, 0.15) is 0 Å². The summed E-state index contributed by atoms with van der Waals surface area (Å²) in [6.45, 7) is 4.37. The first-order valence-electron chi connectivity index (χ1n) is 7.87. The number of hydrogen-bond acceptors (Lipinski definition) is 4. The molecular formula is C19H19N3O2. The van der Waals surface area contributed by atoms with Gasteiger partial charge in [-0.1, -0.05) is 47.6 Å². The zero-order valence-electron chi connectivity index (χ0n) is 13.7. The molecule has 0 atom stereocenters. The number of carbonyl (C=O) groups is 1. The van der Waals surface area contributed by atoms with Crippen LogP contribution >= 0.6 is 0 Å². The Hall–Kier alpha value is -2.95. The van der Waals surface area contributed by atoms with Crippen molar-refractivity contribution in [3.63, 3.8) is 0 Å². The van der Waals surface area contributed by atoms with Crippen LogP contribution in [0.15, 0.2) is 53.1 Å². The number of nitrogens with one attached hydrogen (secondary N) is 1. The molecule has 0 radical (unpaired) electrons. The Kier molecular flexibility index (Phi) is 4.70. The molecule has 0 saturated heterocycles. The molecule has 0 bridgehead atoms. The van der Waals surface area contributed by atoms with Crippen molar-refractivity contribution >= 4 is 5.91 Å². The Morgan fingerprint density at radius 1 is 1.04 bits per heavy atom. The molecule has 0 saturated carbocycles. The fourth-order valence-corrected chi connectivity index (χ4v) is 2.50. The molecule has 0 unspecified atom stereocenters. The van der Waals surface area contributed by atoms with Crippen LogP contribution in [0.1, 0.15) is 27.4 Å². The van der Waals surface area contributed by atoms with Crippen LogP contribution in [-0.4, -0.2) is 22.6 Å². The molecule has 1 aromatic heterocycles. The molecule has 1 heterocycles. The molecule has 5 heteroatoms. The summed E-state index contributed by atoms with van der Waals surface area (Å²) in [5, 5.41) is 6.90. The van der Waals surface area contributed by atoms with Gasteiger partial charge in [0.05, 0.1) is 0 Å². The number of benzene rings is 2. The number of hydrogen-bond donors (Lipinski definition) is 1. The fourth-order valence-electron chi connectivity index (χ4n) is 2.50. The standard InChI is InChI=1S/C19H19N3O2/c1-13-7-3-5-9-15(13)18-21-17(24-22-18)11-12-20-19(23)16-10-6-4-8-14(16)2/h3-10H,11-12H2,1-2H3,(H,20,23). The molecule has 1 amide bonds. The Bertz CT molecular complexity index is 855. The summed E-state index contributed by atoms with van der Waals surface area (Å²) in [6.07, 6.45) is 0.497. The van der Waals surface area contributed by atoms with E-state index in [9.17, 15) is 4.79 Å². The van der Waals surface area contributed by atoms with Gasteiger partial charge in [-0.05, 0) is 31.0 Å². The average molecular weight is 321 g/mol. The lowest BCUT2D eigenvalue weighted by Crippen LogP contribution is -2.26. The molecule has 122 valence electrons. The molecule has 0 aliphatic rings. The second kappa shape index (κ2) is 7.08. The summed E-state index contributed by atoms with van der Waals surface area (Å²) < 4.78 is 5.27. The first-order chi connectivity index (χ1) is 11.6. The van der Waals surface area contributed by atoms with Crippen LogP contribution in [0.25, 0.3) is 11.4 Å². The van der Waals surface area contributed by atoms with Crippen molar-refractivity contribution in [2.24, 2.45) is 0 Å². The van der Waals surface area contributed by atoms with Crippen LogP contribution in [0.2, 0.25) is 0 Å². The smallest absolute Gasteiger partial charge is 0.251 e. The number of rotatable bonds is 5. The highest BCUT2D eigenvalue weighted by molar-refractivity contribution is 5.95. The lowest BCUT2D eigenvalue weighted by atomic mass is 10.1. The number of carbonyl (C=O) groups excluding carboxylic acids is 1. The summed E-state index contributed by atoms with van der Waals surface area (Å²) in [6, 6.07) is 15.4. The van der Waals surface area contributed by atoms with Crippen LogP contribution in [-0.2, 0) is 6.42 Å². The van der Waals surface area contributed by atoms with E-state index in [0.29, 0.717) is 30.2 Å². The van der Waals surface area contributed by atoms with Gasteiger partial charge in [0.15, 0.2) is 0 Å². The minimum atomic E-state index is -0.0910. The number of aromatic nitrogens is 2. The van der Waals surface area contributed by atoms with Crippen molar-refractivity contribution in [2.45, 2.75) is 20.3 Å². The van der Waals surface area contributed by atoms with Gasteiger partial charge in [-0.2, -0.15) is 4.98 Å². The van der Waals surface area contributed by atoms with E-state index in [1.807, 2.05) is 62.4 Å². The maximum Gasteiger partial charge on any atom is 0.251 e. The molecule has 0 fully saturated rings. The molecule has 0 aliphatic heterocycles. The van der Waals surface area contributed by atoms with Crippen molar-refractivity contribution in [1.29, 1.82) is 0 Å². The van der Waals surface area contributed by atoms with E-state index in [1.54, 1.807) is 0 Å². The predicted octanol–water partition coefficient (Wildman–Crippen LogP) is 3.33. The maximum absolute atomic E-state index is 12.1. The van der Waals surface area contributed by atoms with Gasteiger partial charge in [0, 0.05) is 24.1 Å². The van der Waals surface area contributed by atoms with Gasteiger partial charge in [0.2, 0.25) is 11.7 Å². The summed E-state index contributed by atoms with van der Waals surface area (Å²) in [5.41, 5.74) is 3.69. The minimum Gasteiger partial charge on any atom is -0.352 e. The van der Waals surface area contributed by atoms with Crippen LogP contribution in [0, 0.1) is 13.8 Å². The van der Waals surface area contributed by atoms with Crippen molar-refractivity contribution < 1.29 is 9.32 Å². The molecule has 5 nitrogen and oxygen atoms in total. The van der Waals surface area contributed by atoms with Crippen molar-refractivity contribution in [2.75, 3.05) is 6.54 Å². The number of aryl methyl sites for hydroxylation is 2. The van der Waals surface area contributed by atoms with Gasteiger partial charge in [-0.3, -0.25) is 4.79 Å². The Morgan fingerprint density at radius 3 is 2.50 bits per heavy atom. The maximum atomic E-state index is 12.1. The third-order valence-corrected chi connectivity index (χ3v) is 3.87. The summed E-state index contributed by atoms with van der Waals surface area (Å²) in [7, 11) is 0. The highest BCUT2D eigenvalue weighted by Crippen LogP contribution is 2.19. The quantitative estimate of drug-likeness (QED) is 0.782. The molecule has 3 aromatic rings. The van der Waals surface area contributed by atoms with E-state index in [-0.39, 0.29) is 5.91 Å². The van der Waals surface area contributed by atoms with Crippen LogP contribution in [0.3, 0.4) is 0 Å². The number of amides is 1. The van der Waals surface area contributed by atoms with Gasteiger partial charge in [-0.15, -0.1) is 0 Å². The molecule has 0 aliphatic carbocycles. The van der Waals surface area contributed by atoms with E-state index < -0.39 is 0 Å². The fraction of sp³-hybridized carbons (Fsp3) is 0.211. The topological polar surface area (TPSA) is 68.0 Å². The summed E-state index contributed by atoms with van der Waals surface area (Å²) in [5.74, 6) is 0.999. The van der Waals surface area contributed by atoms with Gasteiger partial charge >= 0.3 is 0 Å². The van der Waals surface area contributed by atoms with Crippen molar-refractivity contribution in [3.05, 3.63) is 71.1 Å². The zero-order chi connectivity index (χ0) is 16.9. The largest absolute Gasteiger partial charge is 0.352 e. The van der Waals surface area contributed by atoms with Crippen LogP contribution < -0.4 is 5.32 Å². The van der Waals surface area contributed by atoms with Gasteiger partial charge in [0.25, 0.3) is 5.91 Å². The summed E-state index contributed by atoms with van der Waals surface area (Å²) >= 11 is 0. The van der Waals surface area contributed by atoms with Crippen LogP contribution in [0.4, 0.5) is 0 Å². The predicted molar refractivity (Wildman–Crippen MR) is 91.7 cm³/mol. The van der Waals surface area contributed by atoms with Gasteiger partial charge in [-0.25, -0.2) is 0 Å². The first kappa shape index (κ1) is 15.9. The molecule has 2 aromatic carbocycles. The third-order valence-electron chi connectivity index (χ3n) is 3.87. The number of nitrogens with zero attached hydrogens (tertiary/aromatic N) is 2. The Morgan fingerprint density at radius 2 is 1.75 bits per heavy atom. The highest BCUT2D eigenvalue weighted by atomic mass is 16.5. The molecule has 0 spiro atoms. The van der Waals surface area contributed by atoms with E-state index in [1.165, 1.54) is 0 Å². The Balaban J connectivity index is 1.59. The lowest BCUT2D eigenvalue weighted by molar-refractivity contribution is 0.0953. The first-order valence-corrected chi connectivity index (χ1v) is 7.87. The summed E-state index contributed by atoms with van der Waals surface area (Å²) in [4.78, 5) is 16.5. The minimum absolute atomic E-state index is 0.0910. The van der Waals surface area contributed by atoms with Crippen molar-refractivity contribution in [1.82, 2.24) is 15.5 Å². The second-order valence-corrected chi connectivity index (χ2v) is 5.65. The van der Waals surface area contributed by atoms with E-state index in [0.717, 1.165) is 16.7 Å². The molecule has 24 heavy (non-hydrogen) atoms. The SMILES string of the molecule is Cc1ccccc1C(=O)NCCc1nc(-c2ccccc2C)no1. The molecular weight excluding hydrogens is 302 g/mol. The highest BCUT2D eigenvalue weighted by Gasteiger charge is 2.11. The Labute approximate surface area is 140 Å². The molecule has 3 rings (SSSR count). The van der Waals surface area contributed by atoms with Crippen molar-refractivity contribution in [3.8, 4) is 11.4 Å². The third kappa shape index (κ3) is 3.51. The zero-order valence-corrected chi connectivity index (χ0v) is 13.7. The molecule has 1 N–H and O–H groups in total. The normalized spacial score (nSPS) is 10.6. The van der Waals surface area contributed by atoms with Crippen LogP contribution in [0.5, 0.6) is 0 Å². The van der Waals surface area contributed by atoms with E-state index in [4.69, 9.17) is 4.52 Å². The monoisotopic (exact) mass is 321 g/mol.